The number of aromatic carboxylic acids is 1. The molecule has 1 aromatic heterocycles. The van der Waals surface area contributed by atoms with Crippen LogP contribution in [0.25, 0.3) is 0 Å². The highest BCUT2D eigenvalue weighted by Gasteiger charge is 2.14. The molecule has 0 bridgehead atoms. The van der Waals surface area contributed by atoms with Crippen molar-refractivity contribution in [3.05, 3.63) is 39.3 Å². The van der Waals surface area contributed by atoms with Gasteiger partial charge in [-0.2, -0.15) is 5.10 Å². The molecule has 0 amide bonds. The number of nitrogens with one attached hydrogen (secondary N) is 1. The van der Waals surface area contributed by atoms with E-state index in [0.29, 0.717) is 8.92 Å². The largest absolute Gasteiger partial charge is 0.497 e. The van der Waals surface area contributed by atoms with Gasteiger partial charge in [-0.05, 0) is 45.8 Å². The fourth-order valence-electron chi connectivity index (χ4n) is 1.33. The molecule has 2 N–H and O–H groups in total. The van der Waals surface area contributed by atoms with Gasteiger partial charge in [0.05, 0.1) is 13.3 Å². The lowest BCUT2D eigenvalue weighted by Crippen LogP contribution is -1.98. The van der Waals surface area contributed by atoms with Crippen LogP contribution in [0, 0.1) is 0 Å². The number of hydrogen-bond donors (Lipinski definition) is 2. The average molecular weight is 356 g/mol. The monoisotopic (exact) mass is 355 g/mol. The Hall–Kier alpha value is -1.93. The number of halogens is 1. The van der Waals surface area contributed by atoms with Crippen LogP contribution in [0.2, 0.25) is 0 Å². The van der Waals surface area contributed by atoms with E-state index >= 15 is 0 Å². The maximum absolute atomic E-state index is 10.8. The molecule has 0 aliphatic heterocycles. The van der Waals surface area contributed by atoms with Gasteiger partial charge >= 0.3 is 5.97 Å². The molecule has 0 aliphatic carbocycles. The summed E-state index contributed by atoms with van der Waals surface area (Å²) in [6.45, 7) is 0. The summed E-state index contributed by atoms with van der Waals surface area (Å²) in [5.74, 6) is -0.314. The van der Waals surface area contributed by atoms with Crippen molar-refractivity contribution in [2.24, 2.45) is 5.10 Å². The molecule has 1 heterocycles. The fraction of sp³-hybridized carbons (Fsp3) is 0.0833. The number of aromatic nitrogens is 1. The molecule has 20 heavy (non-hydrogen) atoms. The number of carboxylic acids is 1. The van der Waals surface area contributed by atoms with Gasteiger partial charge in [-0.15, -0.1) is 0 Å². The predicted octanol–water partition coefficient (Wildman–Crippen LogP) is 3.06. The molecule has 8 heteroatoms. The first kappa shape index (κ1) is 14.5. The second-order valence-corrected chi connectivity index (χ2v) is 5.91. The predicted molar refractivity (Wildman–Crippen MR) is 81.0 cm³/mol. The number of nitrogens with zero attached hydrogens (tertiary/aromatic N) is 2. The Morgan fingerprint density at radius 1 is 1.50 bits per heavy atom. The smallest absolute Gasteiger partial charge is 0.356 e. The quantitative estimate of drug-likeness (QED) is 0.636. The fourth-order valence-corrected chi connectivity index (χ4v) is 2.69. The normalized spacial score (nSPS) is 10.7. The zero-order valence-electron chi connectivity index (χ0n) is 10.3. The van der Waals surface area contributed by atoms with E-state index in [0.717, 1.165) is 22.6 Å². The number of carbonyl (C=O) groups is 1. The van der Waals surface area contributed by atoms with E-state index in [1.54, 1.807) is 13.3 Å². The SMILES string of the molecule is COc1ccc(C=NNc2nc(C(=O)O)c(Br)s2)cc1. The molecule has 2 rings (SSSR count). The molecule has 0 spiro atoms. The first-order valence-electron chi connectivity index (χ1n) is 5.43. The molecule has 0 aliphatic rings. The number of rotatable bonds is 5. The Bertz CT molecular complexity index is 640. The van der Waals surface area contributed by atoms with Crippen molar-refractivity contribution in [3.8, 4) is 5.75 Å². The van der Waals surface area contributed by atoms with Crippen molar-refractivity contribution >= 4 is 44.6 Å². The molecule has 0 fully saturated rings. The Labute approximate surface area is 127 Å². The Morgan fingerprint density at radius 3 is 2.75 bits per heavy atom. The van der Waals surface area contributed by atoms with E-state index in [-0.39, 0.29) is 5.69 Å². The standard InChI is InChI=1S/C12H10BrN3O3S/c1-19-8-4-2-7(3-5-8)6-14-16-12-15-9(11(17)18)10(13)20-12/h2-6H,1H3,(H,15,16)(H,17,18). The molecule has 2 aromatic rings. The second-order valence-electron chi connectivity index (χ2n) is 3.59. The summed E-state index contributed by atoms with van der Waals surface area (Å²) in [4.78, 5) is 14.7. The van der Waals surface area contributed by atoms with Crippen LogP contribution in [0.5, 0.6) is 5.75 Å². The van der Waals surface area contributed by atoms with Crippen LogP contribution in [0.4, 0.5) is 5.13 Å². The van der Waals surface area contributed by atoms with Gasteiger partial charge in [-0.25, -0.2) is 9.78 Å². The van der Waals surface area contributed by atoms with Crippen LogP contribution in [0.1, 0.15) is 16.1 Å². The van der Waals surface area contributed by atoms with Crippen LogP contribution in [0.15, 0.2) is 33.2 Å². The van der Waals surface area contributed by atoms with Crippen molar-refractivity contribution < 1.29 is 14.6 Å². The van der Waals surface area contributed by atoms with Crippen LogP contribution >= 0.6 is 27.3 Å². The molecular formula is C12H10BrN3O3S. The summed E-state index contributed by atoms with van der Waals surface area (Å²) in [5, 5.41) is 13.3. The maximum atomic E-state index is 10.8. The average Bonchev–Trinajstić information content (AvgIpc) is 2.81. The third-order valence-electron chi connectivity index (χ3n) is 2.28. The summed E-state index contributed by atoms with van der Waals surface area (Å²) in [6, 6.07) is 7.35. The number of anilines is 1. The maximum Gasteiger partial charge on any atom is 0.356 e. The molecule has 0 unspecified atom stereocenters. The van der Waals surface area contributed by atoms with Crippen LogP contribution in [-0.2, 0) is 0 Å². The van der Waals surface area contributed by atoms with Gasteiger partial charge in [-0.3, -0.25) is 5.43 Å². The van der Waals surface area contributed by atoms with Crippen molar-refractivity contribution in [1.82, 2.24) is 4.98 Å². The summed E-state index contributed by atoms with van der Waals surface area (Å²) in [7, 11) is 1.60. The molecule has 0 saturated heterocycles. The van der Waals surface area contributed by atoms with Crippen LogP contribution in [0.3, 0.4) is 0 Å². The third kappa shape index (κ3) is 3.55. The Balaban J connectivity index is 2.02. The number of ether oxygens (including phenoxy) is 1. The number of carboxylic acid groups (broad SMARTS) is 1. The van der Waals surface area contributed by atoms with Crippen molar-refractivity contribution in [1.29, 1.82) is 0 Å². The molecule has 0 radical (unpaired) electrons. The first-order valence-corrected chi connectivity index (χ1v) is 7.04. The van der Waals surface area contributed by atoms with Crippen molar-refractivity contribution in [2.45, 2.75) is 0 Å². The van der Waals surface area contributed by atoms with Gasteiger partial charge in [0.1, 0.15) is 9.54 Å². The van der Waals surface area contributed by atoms with Crippen LogP contribution < -0.4 is 10.2 Å². The van der Waals surface area contributed by atoms with Crippen molar-refractivity contribution in [2.75, 3.05) is 12.5 Å². The highest BCUT2D eigenvalue weighted by atomic mass is 79.9. The third-order valence-corrected chi connectivity index (χ3v) is 3.89. The van der Waals surface area contributed by atoms with E-state index in [1.807, 2.05) is 24.3 Å². The lowest BCUT2D eigenvalue weighted by molar-refractivity contribution is 0.0690. The molecule has 104 valence electrons. The Morgan fingerprint density at radius 2 is 2.20 bits per heavy atom. The lowest BCUT2D eigenvalue weighted by atomic mass is 10.2. The molecule has 0 atom stereocenters. The minimum Gasteiger partial charge on any atom is -0.497 e. The van der Waals surface area contributed by atoms with Gasteiger partial charge in [0.15, 0.2) is 5.69 Å². The summed E-state index contributed by atoms with van der Waals surface area (Å²) < 4.78 is 5.50. The summed E-state index contributed by atoms with van der Waals surface area (Å²) in [6.07, 6.45) is 1.61. The molecule has 0 saturated carbocycles. The second kappa shape index (κ2) is 6.49. The lowest BCUT2D eigenvalue weighted by Gasteiger charge is -1.98. The summed E-state index contributed by atoms with van der Waals surface area (Å²) >= 11 is 4.30. The number of hydrogen-bond acceptors (Lipinski definition) is 6. The van der Waals surface area contributed by atoms with Gasteiger partial charge < -0.3 is 9.84 Å². The van der Waals surface area contributed by atoms with Gasteiger partial charge in [0.2, 0.25) is 5.13 Å². The zero-order chi connectivity index (χ0) is 14.5. The van der Waals surface area contributed by atoms with E-state index in [4.69, 9.17) is 9.84 Å². The van der Waals surface area contributed by atoms with Crippen molar-refractivity contribution in [3.63, 3.8) is 0 Å². The minimum absolute atomic E-state index is 0.0304. The van der Waals surface area contributed by atoms with Gasteiger partial charge in [-0.1, -0.05) is 11.3 Å². The number of hydrazone groups is 1. The van der Waals surface area contributed by atoms with Gasteiger partial charge in [0.25, 0.3) is 0 Å². The highest BCUT2D eigenvalue weighted by molar-refractivity contribution is 9.11. The van der Waals surface area contributed by atoms with Gasteiger partial charge in [0, 0.05) is 0 Å². The van der Waals surface area contributed by atoms with E-state index in [9.17, 15) is 4.79 Å². The highest BCUT2D eigenvalue weighted by Crippen LogP contribution is 2.28. The van der Waals surface area contributed by atoms with Crippen LogP contribution in [-0.4, -0.2) is 29.4 Å². The number of benzene rings is 1. The Kier molecular flexibility index (Phi) is 4.70. The molecule has 1 aromatic carbocycles. The zero-order valence-corrected chi connectivity index (χ0v) is 12.7. The minimum atomic E-state index is -1.08. The topological polar surface area (TPSA) is 83.8 Å². The van der Waals surface area contributed by atoms with E-state index in [2.05, 4.69) is 31.4 Å². The number of thiazole rings is 1. The van der Waals surface area contributed by atoms with E-state index in [1.165, 1.54) is 0 Å². The molecule has 6 nitrogen and oxygen atoms in total. The number of methoxy groups -OCH3 is 1. The first-order chi connectivity index (χ1) is 9.60. The summed E-state index contributed by atoms with van der Waals surface area (Å²) in [5.41, 5.74) is 3.54. The van der Waals surface area contributed by atoms with E-state index < -0.39 is 5.97 Å². The molecular weight excluding hydrogens is 346 g/mol.